The summed E-state index contributed by atoms with van der Waals surface area (Å²) in [5.41, 5.74) is -0.141. The van der Waals surface area contributed by atoms with Crippen LogP contribution in [0.1, 0.15) is 40.0 Å². The molecule has 19 heavy (non-hydrogen) atoms. The Labute approximate surface area is 122 Å². The number of thioether (sulfide) groups is 1. The fraction of sp³-hybridized carbons (Fsp3) is 0.750. The van der Waals surface area contributed by atoms with E-state index in [1.54, 1.807) is 0 Å². The van der Waals surface area contributed by atoms with Gasteiger partial charge in [0.25, 0.3) is 0 Å². The summed E-state index contributed by atoms with van der Waals surface area (Å²) in [6.07, 6.45) is 3.35. The van der Waals surface area contributed by atoms with E-state index in [0.29, 0.717) is 11.8 Å². The number of carbonyl (C=O) groups excluding carboxylic acids is 1. The third kappa shape index (κ3) is 4.99. The van der Waals surface area contributed by atoms with Crippen molar-refractivity contribution in [1.29, 1.82) is 0 Å². The average Bonchev–Trinajstić information content (AvgIpc) is 3.04. The number of nitrogens with zero attached hydrogens (tertiary/aromatic N) is 2. The molecule has 0 bridgehead atoms. The van der Waals surface area contributed by atoms with Gasteiger partial charge in [-0.3, -0.25) is 4.79 Å². The molecule has 0 radical (unpaired) electrons. The van der Waals surface area contributed by atoms with Gasteiger partial charge in [0, 0.05) is 11.6 Å². The molecule has 7 heteroatoms. The summed E-state index contributed by atoms with van der Waals surface area (Å²) >= 11 is 2.96. The molecule has 1 fully saturated rings. The first-order valence-electron chi connectivity index (χ1n) is 6.52. The van der Waals surface area contributed by atoms with Crippen LogP contribution in [0.5, 0.6) is 0 Å². The molecule has 2 rings (SSSR count). The zero-order chi connectivity index (χ0) is 13.9. The predicted molar refractivity (Wildman–Crippen MR) is 79.8 cm³/mol. The summed E-state index contributed by atoms with van der Waals surface area (Å²) in [6, 6.07) is 0.583. The number of nitrogens with one attached hydrogen (secondary N) is 2. The normalized spacial score (nSPS) is 15.3. The maximum atomic E-state index is 11.8. The van der Waals surface area contributed by atoms with Crippen LogP contribution in [0.15, 0.2) is 4.34 Å². The van der Waals surface area contributed by atoms with Gasteiger partial charge >= 0.3 is 0 Å². The van der Waals surface area contributed by atoms with Crippen LogP contribution in [0, 0.1) is 0 Å². The van der Waals surface area contributed by atoms with Crippen molar-refractivity contribution in [2.75, 3.05) is 11.1 Å². The van der Waals surface area contributed by atoms with Gasteiger partial charge in [-0.1, -0.05) is 30.0 Å². The van der Waals surface area contributed by atoms with Gasteiger partial charge in [-0.2, -0.15) is 0 Å². The van der Waals surface area contributed by atoms with E-state index in [9.17, 15) is 4.79 Å². The molecule has 1 aliphatic carbocycles. The summed E-state index contributed by atoms with van der Waals surface area (Å²) in [5.74, 6) is 0.436. The number of rotatable bonds is 7. The van der Waals surface area contributed by atoms with Crippen molar-refractivity contribution < 1.29 is 4.79 Å². The maximum absolute atomic E-state index is 11.8. The van der Waals surface area contributed by atoms with Gasteiger partial charge in [-0.15, -0.1) is 10.2 Å². The molecule has 0 saturated heterocycles. The standard InChI is InChI=1S/C12H20N4OS2/c1-4-12(2,3)14-9(17)7-18-11-16-15-10(19-11)13-8-5-6-8/h8H,4-7H2,1-3H3,(H,13,15)(H,14,17). The minimum Gasteiger partial charge on any atom is -0.357 e. The zero-order valence-corrected chi connectivity index (χ0v) is 13.2. The van der Waals surface area contributed by atoms with Gasteiger partial charge in [-0.25, -0.2) is 0 Å². The van der Waals surface area contributed by atoms with E-state index in [1.807, 2.05) is 13.8 Å². The Morgan fingerprint density at radius 2 is 2.21 bits per heavy atom. The Bertz CT molecular complexity index is 443. The molecule has 0 aliphatic heterocycles. The van der Waals surface area contributed by atoms with E-state index >= 15 is 0 Å². The molecule has 1 heterocycles. The van der Waals surface area contributed by atoms with Crippen LogP contribution in [0.4, 0.5) is 5.13 Å². The molecular formula is C12H20N4OS2. The van der Waals surface area contributed by atoms with Gasteiger partial charge in [0.2, 0.25) is 11.0 Å². The summed E-state index contributed by atoms with van der Waals surface area (Å²) in [4.78, 5) is 11.8. The minimum atomic E-state index is -0.141. The van der Waals surface area contributed by atoms with E-state index in [0.717, 1.165) is 15.9 Å². The Morgan fingerprint density at radius 3 is 2.84 bits per heavy atom. The number of amides is 1. The highest BCUT2D eigenvalue weighted by atomic mass is 32.2. The number of hydrogen-bond donors (Lipinski definition) is 2. The number of hydrogen-bond acceptors (Lipinski definition) is 6. The lowest BCUT2D eigenvalue weighted by Gasteiger charge is -2.24. The molecule has 0 unspecified atom stereocenters. The second-order valence-electron chi connectivity index (χ2n) is 5.37. The van der Waals surface area contributed by atoms with Crippen molar-refractivity contribution in [2.45, 2.75) is 56.0 Å². The first kappa shape index (κ1) is 14.6. The molecule has 0 spiro atoms. The van der Waals surface area contributed by atoms with Crippen LogP contribution in [-0.4, -0.2) is 33.4 Å². The summed E-state index contributed by atoms with van der Waals surface area (Å²) in [6.45, 7) is 6.12. The zero-order valence-electron chi connectivity index (χ0n) is 11.5. The summed E-state index contributed by atoms with van der Waals surface area (Å²) in [5, 5.41) is 15.3. The number of carbonyl (C=O) groups is 1. The molecule has 1 saturated carbocycles. The first-order valence-corrected chi connectivity index (χ1v) is 8.32. The lowest BCUT2D eigenvalue weighted by atomic mass is 10.0. The molecule has 5 nitrogen and oxygen atoms in total. The van der Waals surface area contributed by atoms with Crippen molar-refractivity contribution in [2.24, 2.45) is 0 Å². The van der Waals surface area contributed by atoms with Gasteiger partial charge in [-0.05, 0) is 33.1 Å². The van der Waals surface area contributed by atoms with E-state index in [2.05, 4.69) is 27.8 Å². The average molecular weight is 300 g/mol. The smallest absolute Gasteiger partial charge is 0.230 e. The Kier molecular flexibility index (Phi) is 4.67. The highest BCUT2D eigenvalue weighted by Gasteiger charge is 2.22. The Hall–Kier alpha value is -0.820. The highest BCUT2D eigenvalue weighted by molar-refractivity contribution is 8.01. The molecule has 106 valence electrons. The van der Waals surface area contributed by atoms with Gasteiger partial charge in [0.15, 0.2) is 4.34 Å². The molecule has 0 aromatic carbocycles. The Morgan fingerprint density at radius 1 is 1.47 bits per heavy atom. The van der Waals surface area contributed by atoms with Crippen molar-refractivity contribution in [1.82, 2.24) is 15.5 Å². The number of anilines is 1. The first-order chi connectivity index (χ1) is 8.98. The molecule has 1 aromatic rings. The van der Waals surface area contributed by atoms with Crippen LogP contribution >= 0.6 is 23.1 Å². The molecular weight excluding hydrogens is 280 g/mol. The fourth-order valence-corrected chi connectivity index (χ4v) is 2.99. The molecule has 1 aliphatic rings. The SMILES string of the molecule is CCC(C)(C)NC(=O)CSc1nnc(NC2CC2)s1. The summed E-state index contributed by atoms with van der Waals surface area (Å²) < 4.78 is 0.840. The third-order valence-corrected chi connectivity index (χ3v) is 4.99. The van der Waals surface area contributed by atoms with E-state index in [1.165, 1.54) is 35.9 Å². The molecule has 0 atom stereocenters. The van der Waals surface area contributed by atoms with Gasteiger partial charge in [0.1, 0.15) is 0 Å². The maximum Gasteiger partial charge on any atom is 0.230 e. The van der Waals surface area contributed by atoms with Crippen molar-refractivity contribution >= 4 is 34.1 Å². The van der Waals surface area contributed by atoms with Gasteiger partial charge in [0.05, 0.1) is 5.75 Å². The van der Waals surface area contributed by atoms with E-state index < -0.39 is 0 Å². The quantitative estimate of drug-likeness (QED) is 0.757. The molecule has 1 amide bonds. The van der Waals surface area contributed by atoms with Crippen LogP contribution in [0.25, 0.3) is 0 Å². The molecule has 2 N–H and O–H groups in total. The van der Waals surface area contributed by atoms with E-state index in [4.69, 9.17) is 0 Å². The lowest BCUT2D eigenvalue weighted by Crippen LogP contribution is -2.43. The molecule has 1 aromatic heterocycles. The second kappa shape index (κ2) is 6.09. The number of aromatic nitrogens is 2. The van der Waals surface area contributed by atoms with Crippen LogP contribution in [0.2, 0.25) is 0 Å². The van der Waals surface area contributed by atoms with Gasteiger partial charge < -0.3 is 10.6 Å². The third-order valence-electron chi connectivity index (χ3n) is 3.00. The van der Waals surface area contributed by atoms with Crippen LogP contribution < -0.4 is 10.6 Å². The second-order valence-corrected chi connectivity index (χ2v) is 7.57. The monoisotopic (exact) mass is 300 g/mol. The summed E-state index contributed by atoms with van der Waals surface area (Å²) in [7, 11) is 0. The Balaban J connectivity index is 1.75. The van der Waals surface area contributed by atoms with Crippen LogP contribution in [0.3, 0.4) is 0 Å². The van der Waals surface area contributed by atoms with E-state index in [-0.39, 0.29) is 11.4 Å². The van der Waals surface area contributed by atoms with Crippen LogP contribution in [-0.2, 0) is 4.79 Å². The largest absolute Gasteiger partial charge is 0.357 e. The van der Waals surface area contributed by atoms with Crippen molar-refractivity contribution in [3.63, 3.8) is 0 Å². The highest BCUT2D eigenvalue weighted by Crippen LogP contribution is 2.30. The van der Waals surface area contributed by atoms with Crippen molar-refractivity contribution in [3.05, 3.63) is 0 Å². The fourth-order valence-electron chi connectivity index (χ4n) is 1.36. The van der Waals surface area contributed by atoms with Crippen molar-refractivity contribution in [3.8, 4) is 0 Å². The minimum absolute atomic E-state index is 0.0451. The topological polar surface area (TPSA) is 66.9 Å². The predicted octanol–water partition coefficient (Wildman–Crippen LogP) is 2.51. The lowest BCUT2D eigenvalue weighted by molar-refractivity contribution is -0.120.